The maximum atomic E-state index is 10.6. The summed E-state index contributed by atoms with van der Waals surface area (Å²) in [5.41, 5.74) is -0.794. The summed E-state index contributed by atoms with van der Waals surface area (Å²) in [7, 11) is 0. The fourth-order valence-corrected chi connectivity index (χ4v) is 0.242. The van der Waals surface area contributed by atoms with Crippen LogP contribution in [0.1, 0.15) is 23.5 Å². The lowest BCUT2D eigenvalue weighted by Gasteiger charge is -2.16. The second-order valence-electron chi connectivity index (χ2n) is 2.98. The van der Waals surface area contributed by atoms with Crippen molar-refractivity contribution in [1.82, 2.24) is 0 Å². The van der Waals surface area contributed by atoms with E-state index in [0.717, 1.165) is 0 Å². The van der Waals surface area contributed by atoms with Gasteiger partial charge in [-0.05, 0) is 5.41 Å². The highest BCUT2D eigenvalue weighted by molar-refractivity contribution is 5.70. The van der Waals surface area contributed by atoms with Crippen molar-refractivity contribution >= 4 is 5.97 Å². The topological polar surface area (TPSA) is 46.5 Å². The number of carbonyl (C=O) groups excluding carboxylic acids is 1. The van der Waals surface area contributed by atoms with E-state index in [0.29, 0.717) is 0 Å². The van der Waals surface area contributed by atoms with Crippen LogP contribution >= 0.6 is 0 Å². The molecule has 0 aromatic heterocycles. The molecule has 0 saturated heterocycles. The second-order valence-corrected chi connectivity index (χ2v) is 2.98. The van der Waals surface area contributed by atoms with Crippen molar-refractivity contribution in [1.29, 1.82) is 0 Å². The molecule has 3 nitrogen and oxygen atoms in total. The molecule has 1 N–H and O–H groups in total. The minimum Gasteiger partial charge on any atom is -0.463 e. The van der Waals surface area contributed by atoms with Crippen LogP contribution in [0, 0.1) is 5.41 Å². The predicted octanol–water partition coefficient (Wildman–Crippen LogP) is 0.568. The summed E-state index contributed by atoms with van der Waals surface area (Å²) >= 11 is 0. The Balaban J connectivity index is 4.33. The lowest BCUT2D eigenvalue weighted by molar-refractivity contribution is -0.149. The van der Waals surface area contributed by atoms with Gasteiger partial charge in [0.25, 0.3) is 0 Å². The van der Waals surface area contributed by atoms with E-state index in [1.807, 2.05) is 0 Å². The lowest BCUT2D eigenvalue weighted by atomic mass is 9.99. The number of carbonyl (C=O) groups is 1. The molecule has 0 atom stereocenters. The monoisotopic (exact) mass is 148 g/mol. The first-order chi connectivity index (χ1) is 5.20. The molecule has 0 unspecified atom stereocenters. The molecule has 0 radical (unpaired) electrons. The Kier molecular flexibility index (Phi) is 2.19. The van der Waals surface area contributed by atoms with Crippen LogP contribution in [0.2, 0.25) is 0 Å². The molecule has 3 heteroatoms. The highest BCUT2D eigenvalue weighted by Crippen LogP contribution is 2.12. The Morgan fingerprint density at radius 3 is 2.50 bits per heavy atom. The SMILES string of the molecule is [2H]C([2H])(OC(=O)CO)C(C)(C)C. The number of ether oxygens (including phenoxy) is 1. The number of hydrogen-bond acceptors (Lipinski definition) is 3. The normalized spacial score (nSPS) is 15.6. The Hall–Kier alpha value is -0.570. The molecule has 0 bridgehead atoms. The van der Waals surface area contributed by atoms with Crippen LogP contribution in [0.25, 0.3) is 0 Å². The first kappa shape index (κ1) is 6.16. The smallest absolute Gasteiger partial charge is 0.331 e. The van der Waals surface area contributed by atoms with Crippen molar-refractivity contribution in [2.24, 2.45) is 5.41 Å². The second kappa shape index (κ2) is 3.56. The van der Waals surface area contributed by atoms with E-state index in [2.05, 4.69) is 4.74 Å². The molecule has 0 spiro atoms. The number of rotatable bonds is 2. The van der Waals surface area contributed by atoms with Gasteiger partial charge in [-0.2, -0.15) is 0 Å². The van der Waals surface area contributed by atoms with Crippen molar-refractivity contribution in [3.05, 3.63) is 0 Å². The van der Waals surface area contributed by atoms with Crippen molar-refractivity contribution in [2.45, 2.75) is 20.8 Å². The average molecular weight is 148 g/mol. The number of aliphatic hydroxyl groups excluding tert-OH is 1. The fourth-order valence-electron chi connectivity index (χ4n) is 0.242. The molecule has 60 valence electrons. The minimum absolute atomic E-state index is 0.794. The third-order valence-corrected chi connectivity index (χ3v) is 0.600. The minimum atomic E-state index is -2.05. The summed E-state index contributed by atoms with van der Waals surface area (Å²) < 4.78 is 19.0. The quantitative estimate of drug-likeness (QED) is 0.582. The van der Waals surface area contributed by atoms with E-state index < -0.39 is 24.6 Å². The maximum absolute atomic E-state index is 10.6. The van der Waals surface area contributed by atoms with E-state index >= 15 is 0 Å². The Labute approximate surface area is 63.8 Å². The van der Waals surface area contributed by atoms with Crippen molar-refractivity contribution in [3.63, 3.8) is 0 Å². The molecular formula is C7H14O3. The first-order valence-electron chi connectivity index (χ1n) is 4.03. The zero-order valence-electron chi connectivity index (χ0n) is 8.47. The molecule has 0 aromatic carbocycles. The van der Waals surface area contributed by atoms with Crippen LogP contribution in [0.3, 0.4) is 0 Å². The molecule has 0 aromatic rings. The van der Waals surface area contributed by atoms with Crippen LogP contribution < -0.4 is 0 Å². The van der Waals surface area contributed by atoms with Gasteiger partial charge in [0, 0.05) is 0 Å². The number of aliphatic hydroxyl groups is 1. The molecule has 10 heavy (non-hydrogen) atoms. The fraction of sp³-hybridized carbons (Fsp3) is 0.857. The van der Waals surface area contributed by atoms with Gasteiger partial charge in [0.1, 0.15) is 6.61 Å². The van der Waals surface area contributed by atoms with Crippen molar-refractivity contribution in [3.8, 4) is 0 Å². The van der Waals surface area contributed by atoms with Gasteiger partial charge in [-0.15, -0.1) is 0 Å². The number of hydrogen-bond donors (Lipinski definition) is 1. The summed E-state index contributed by atoms with van der Waals surface area (Å²) in [6.07, 6.45) is 0. The Morgan fingerprint density at radius 1 is 1.70 bits per heavy atom. The van der Waals surface area contributed by atoms with Gasteiger partial charge < -0.3 is 9.84 Å². The Bertz CT molecular complexity index is 172. The van der Waals surface area contributed by atoms with E-state index in [-0.39, 0.29) is 0 Å². The van der Waals surface area contributed by atoms with Gasteiger partial charge in [-0.25, -0.2) is 4.79 Å². The molecular weight excluding hydrogens is 132 g/mol. The molecule has 0 saturated carbocycles. The van der Waals surface area contributed by atoms with Gasteiger partial charge >= 0.3 is 5.97 Å². The summed E-state index contributed by atoms with van der Waals surface area (Å²) in [6.45, 7) is 1.98. The molecule has 0 fully saturated rings. The third kappa shape index (κ3) is 5.56. The zero-order chi connectivity index (χ0) is 9.99. The molecule has 0 amide bonds. The van der Waals surface area contributed by atoms with E-state index in [9.17, 15) is 4.79 Å². The van der Waals surface area contributed by atoms with Gasteiger partial charge in [0.15, 0.2) is 0 Å². The highest BCUT2D eigenvalue weighted by Gasteiger charge is 2.12. The van der Waals surface area contributed by atoms with Gasteiger partial charge in [0.05, 0.1) is 9.30 Å². The van der Waals surface area contributed by atoms with Crippen LogP contribution in [0.4, 0.5) is 0 Å². The standard InChI is InChI=1S/C7H14O3/c1-7(2,3)5-10-6(9)4-8/h8H,4-5H2,1-3H3/i5D2. The van der Waals surface area contributed by atoms with Gasteiger partial charge in [0.2, 0.25) is 0 Å². The highest BCUT2D eigenvalue weighted by atomic mass is 16.5. The third-order valence-electron chi connectivity index (χ3n) is 0.600. The van der Waals surface area contributed by atoms with Crippen molar-refractivity contribution in [2.75, 3.05) is 13.2 Å². The lowest BCUT2D eigenvalue weighted by Crippen LogP contribution is -2.19. The maximum Gasteiger partial charge on any atom is 0.331 e. The zero-order valence-corrected chi connectivity index (χ0v) is 6.47. The number of esters is 1. The largest absolute Gasteiger partial charge is 0.463 e. The average Bonchev–Trinajstić information content (AvgIpc) is 1.84. The summed E-state index contributed by atoms with van der Waals surface area (Å²) in [5, 5.41) is 8.32. The van der Waals surface area contributed by atoms with Crippen LogP contribution in [0.5, 0.6) is 0 Å². The van der Waals surface area contributed by atoms with E-state index in [1.54, 1.807) is 20.8 Å². The van der Waals surface area contributed by atoms with E-state index in [4.69, 9.17) is 7.85 Å². The van der Waals surface area contributed by atoms with Crippen molar-refractivity contribution < 1.29 is 17.4 Å². The predicted molar refractivity (Wildman–Crippen MR) is 37.5 cm³/mol. The molecule has 0 aliphatic rings. The Morgan fingerprint density at radius 2 is 2.20 bits per heavy atom. The summed E-state index contributed by atoms with van der Waals surface area (Å²) in [5.74, 6) is -0.949. The molecule has 0 rings (SSSR count). The van der Waals surface area contributed by atoms with Crippen LogP contribution in [0.15, 0.2) is 0 Å². The summed E-state index contributed by atoms with van der Waals surface area (Å²) in [4.78, 5) is 10.6. The molecule has 0 aliphatic heterocycles. The van der Waals surface area contributed by atoms with Gasteiger partial charge in [-0.3, -0.25) is 0 Å². The molecule has 0 aliphatic carbocycles. The summed E-state index contributed by atoms with van der Waals surface area (Å²) in [6, 6.07) is 0. The van der Waals surface area contributed by atoms with Crippen LogP contribution in [-0.2, 0) is 9.53 Å². The van der Waals surface area contributed by atoms with Crippen LogP contribution in [-0.4, -0.2) is 24.2 Å². The van der Waals surface area contributed by atoms with E-state index in [1.165, 1.54) is 0 Å². The van der Waals surface area contributed by atoms with Gasteiger partial charge in [-0.1, -0.05) is 20.8 Å². The first-order valence-corrected chi connectivity index (χ1v) is 3.03. The molecule has 0 heterocycles.